The molecule has 0 radical (unpaired) electrons. The number of hydrogen-bond donors (Lipinski definition) is 1. The van der Waals surface area contributed by atoms with E-state index in [1.165, 1.54) is 63.6 Å². The van der Waals surface area contributed by atoms with Gasteiger partial charge in [-0.2, -0.15) is 0 Å². The average molecular weight is 429 g/mol. The third-order valence-electron chi connectivity index (χ3n) is 10.4. The van der Waals surface area contributed by atoms with Gasteiger partial charge < -0.3 is 9.64 Å². The first-order valence-electron chi connectivity index (χ1n) is 13.2. The van der Waals surface area contributed by atoms with Crippen LogP contribution in [0.2, 0.25) is 0 Å². The molecule has 3 saturated carbocycles. The highest BCUT2D eigenvalue weighted by Gasteiger charge is 2.59. The van der Waals surface area contributed by atoms with Gasteiger partial charge in [-0.15, -0.1) is 0 Å². The molecule has 5 aliphatic rings. The highest BCUT2D eigenvalue weighted by Crippen LogP contribution is 2.65. The molecule has 1 N–H and O–H groups in total. The van der Waals surface area contributed by atoms with Crippen LogP contribution in [0, 0.1) is 28.6 Å². The molecule has 0 amide bonds. The Kier molecular flexibility index (Phi) is 5.82. The summed E-state index contributed by atoms with van der Waals surface area (Å²) in [5.74, 6) is 2.49. The molecule has 0 bridgehead atoms. The van der Waals surface area contributed by atoms with Gasteiger partial charge in [-0.3, -0.25) is 9.59 Å². The molecule has 4 nitrogen and oxygen atoms in total. The van der Waals surface area contributed by atoms with E-state index in [2.05, 4.69) is 13.8 Å². The van der Waals surface area contributed by atoms with E-state index in [4.69, 9.17) is 4.74 Å². The van der Waals surface area contributed by atoms with Gasteiger partial charge in [-0.05, 0) is 93.5 Å². The van der Waals surface area contributed by atoms with Gasteiger partial charge in [0.15, 0.2) is 5.78 Å². The molecule has 4 fully saturated rings. The second-order valence-corrected chi connectivity index (χ2v) is 11.9. The number of hydrogen-bond acceptors (Lipinski definition) is 3. The highest BCUT2D eigenvalue weighted by atomic mass is 16.5. The maximum Gasteiger partial charge on any atom is 0.311 e. The average Bonchev–Trinajstić information content (AvgIpc) is 3.10. The monoisotopic (exact) mass is 428 g/mol. The molecule has 172 valence electrons. The lowest BCUT2D eigenvalue weighted by Crippen LogP contribution is -3.12. The lowest BCUT2D eigenvalue weighted by Gasteiger charge is -2.57. The SMILES string of the molecule is C[C@@]12CC[C@H]3[C@H](CCC4=CC(=O)CC[C@@]43C)[C@@H]1CC[C@H]2OC(=O)CC[NH+]1CCCCC1. The van der Waals surface area contributed by atoms with Crippen LogP contribution in [-0.4, -0.2) is 37.5 Å². The van der Waals surface area contributed by atoms with Crippen LogP contribution in [0.15, 0.2) is 11.6 Å². The van der Waals surface area contributed by atoms with Gasteiger partial charge in [-0.1, -0.05) is 19.4 Å². The number of nitrogens with one attached hydrogen (secondary N) is 1. The van der Waals surface area contributed by atoms with Gasteiger partial charge in [0.25, 0.3) is 0 Å². The van der Waals surface area contributed by atoms with E-state index in [1.807, 2.05) is 6.08 Å². The van der Waals surface area contributed by atoms with Crippen molar-refractivity contribution in [2.75, 3.05) is 19.6 Å². The smallest absolute Gasteiger partial charge is 0.311 e. The Bertz CT molecular complexity index is 754. The van der Waals surface area contributed by atoms with E-state index < -0.39 is 0 Å². The van der Waals surface area contributed by atoms with Crippen molar-refractivity contribution >= 4 is 11.8 Å². The van der Waals surface area contributed by atoms with Crippen LogP contribution in [0.25, 0.3) is 0 Å². The summed E-state index contributed by atoms with van der Waals surface area (Å²) in [7, 11) is 0. The largest absolute Gasteiger partial charge is 0.462 e. The van der Waals surface area contributed by atoms with Gasteiger partial charge in [0.05, 0.1) is 26.1 Å². The van der Waals surface area contributed by atoms with Crippen LogP contribution in [0.1, 0.15) is 90.9 Å². The molecule has 0 aromatic rings. The van der Waals surface area contributed by atoms with Gasteiger partial charge in [-0.25, -0.2) is 0 Å². The standard InChI is InChI=1S/C27H41NO3/c1-26-13-10-20(29)18-19(26)6-7-21-22-8-9-24(27(22,2)14-11-23(21)26)31-25(30)12-17-28-15-4-3-5-16-28/h18,21-24H,3-17H2,1-2H3/p+1/t21-,22+,23+,24-,26+,27-/m1/s1. The number of fused-ring (bicyclic) bond motifs is 5. The van der Waals surface area contributed by atoms with Crippen molar-refractivity contribution in [2.45, 2.75) is 97.0 Å². The van der Waals surface area contributed by atoms with Crippen molar-refractivity contribution in [3.63, 3.8) is 0 Å². The first-order chi connectivity index (χ1) is 14.9. The number of carbonyl (C=O) groups is 2. The van der Waals surface area contributed by atoms with E-state index in [1.54, 1.807) is 4.90 Å². The minimum absolute atomic E-state index is 0.0405. The minimum atomic E-state index is 0.0405. The summed E-state index contributed by atoms with van der Waals surface area (Å²) in [4.78, 5) is 26.4. The van der Waals surface area contributed by atoms with E-state index in [0.29, 0.717) is 24.0 Å². The summed E-state index contributed by atoms with van der Waals surface area (Å²) in [6, 6.07) is 0. The van der Waals surface area contributed by atoms with E-state index in [9.17, 15) is 9.59 Å². The predicted octanol–water partition coefficient (Wildman–Crippen LogP) is 3.89. The van der Waals surface area contributed by atoms with Crippen LogP contribution >= 0.6 is 0 Å². The number of ketones is 1. The number of carbonyl (C=O) groups excluding carboxylic acids is 2. The molecule has 1 heterocycles. The van der Waals surface area contributed by atoms with Crippen molar-refractivity contribution in [3.05, 3.63) is 11.6 Å². The maximum atomic E-state index is 12.7. The molecular weight excluding hydrogens is 386 g/mol. The van der Waals surface area contributed by atoms with Crippen LogP contribution < -0.4 is 4.90 Å². The lowest BCUT2D eigenvalue weighted by atomic mass is 9.47. The van der Waals surface area contributed by atoms with E-state index in [0.717, 1.165) is 38.1 Å². The molecule has 4 aliphatic carbocycles. The lowest BCUT2D eigenvalue weighted by molar-refractivity contribution is -0.904. The number of likely N-dealkylation sites (tertiary alicyclic amines) is 1. The van der Waals surface area contributed by atoms with Crippen molar-refractivity contribution in [3.8, 4) is 0 Å². The van der Waals surface area contributed by atoms with Crippen molar-refractivity contribution in [1.82, 2.24) is 0 Å². The van der Waals surface area contributed by atoms with Crippen molar-refractivity contribution in [2.24, 2.45) is 28.6 Å². The van der Waals surface area contributed by atoms with Gasteiger partial charge in [0, 0.05) is 11.8 Å². The molecule has 5 rings (SSSR count). The Morgan fingerprint density at radius 2 is 1.84 bits per heavy atom. The Labute approximate surface area is 188 Å². The molecule has 0 spiro atoms. The first kappa shape index (κ1) is 21.7. The molecule has 0 aromatic heterocycles. The summed E-state index contributed by atoms with van der Waals surface area (Å²) >= 11 is 0. The fourth-order valence-corrected chi connectivity index (χ4v) is 8.50. The summed E-state index contributed by atoms with van der Waals surface area (Å²) in [5.41, 5.74) is 1.82. The summed E-state index contributed by atoms with van der Waals surface area (Å²) in [6.45, 7) is 8.26. The number of quaternary nitrogens is 1. The summed E-state index contributed by atoms with van der Waals surface area (Å²) < 4.78 is 6.19. The van der Waals surface area contributed by atoms with Crippen molar-refractivity contribution in [1.29, 1.82) is 0 Å². The first-order valence-corrected chi connectivity index (χ1v) is 13.2. The molecular formula is C27H42NO3+. The number of esters is 1. The Hall–Kier alpha value is -1.16. The van der Waals surface area contributed by atoms with Gasteiger partial charge in [0.1, 0.15) is 6.10 Å². The second kappa shape index (κ2) is 8.32. The van der Waals surface area contributed by atoms with E-state index >= 15 is 0 Å². The van der Waals surface area contributed by atoms with Crippen LogP contribution in [0.5, 0.6) is 0 Å². The van der Waals surface area contributed by atoms with Crippen LogP contribution in [0.4, 0.5) is 0 Å². The molecule has 0 aromatic carbocycles. The zero-order valence-electron chi connectivity index (χ0n) is 19.7. The normalized spacial score (nSPS) is 42.9. The Morgan fingerprint density at radius 1 is 1.03 bits per heavy atom. The predicted molar refractivity (Wildman–Crippen MR) is 121 cm³/mol. The zero-order chi connectivity index (χ0) is 21.6. The third kappa shape index (κ3) is 3.81. The molecule has 1 saturated heterocycles. The molecule has 1 aliphatic heterocycles. The zero-order valence-corrected chi connectivity index (χ0v) is 19.7. The number of ether oxygens (including phenoxy) is 1. The van der Waals surface area contributed by atoms with E-state index in [-0.39, 0.29) is 22.9 Å². The topological polar surface area (TPSA) is 47.8 Å². The summed E-state index contributed by atoms with van der Waals surface area (Å²) in [5, 5.41) is 0. The Balaban J connectivity index is 1.23. The fraction of sp³-hybridized carbons (Fsp3) is 0.852. The molecule has 6 atom stereocenters. The highest BCUT2D eigenvalue weighted by molar-refractivity contribution is 5.91. The maximum absolute atomic E-state index is 12.7. The third-order valence-corrected chi connectivity index (χ3v) is 10.4. The summed E-state index contributed by atoms with van der Waals surface area (Å²) in [6.07, 6.45) is 15.4. The van der Waals surface area contributed by atoms with Crippen LogP contribution in [-0.2, 0) is 14.3 Å². The quantitative estimate of drug-likeness (QED) is 0.691. The molecule has 31 heavy (non-hydrogen) atoms. The van der Waals surface area contributed by atoms with Gasteiger partial charge in [0.2, 0.25) is 0 Å². The number of piperidine rings is 1. The number of allylic oxidation sites excluding steroid dienone is 1. The minimum Gasteiger partial charge on any atom is -0.462 e. The Morgan fingerprint density at radius 3 is 2.65 bits per heavy atom. The number of rotatable bonds is 4. The van der Waals surface area contributed by atoms with Crippen LogP contribution in [0.3, 0.4) is 0 Å². The van der Waals surface area contributed by atoms with Crippen molar-refractivity contribution < 1.29 is 19.2 Å². The fourth-order valence-electron chi connectivity index (χ4n) is 8.50. The van der Waals surface area contributed by atoms with Gasteiger partial charge >= 0.3 is 5.97 Å². The second-order valence-electron chi connectivity index (χ2n) is 11.9. The molecule has 0 unspecified atom stereocenters. The molecule has 4 heteroatoms.